The van der Waals surface area contributed by atoms with Gasteiger partial charge in [-0.15, -0.1) is 0 Å². The van der Waals surface area contributed by atoms with Crippen molar-refractivity contribution in [1.29, 1.82) is 0 Å². The van der Waals surface area contributed by atoms with Gasteiger partial charge in [0.05, 0.1) is 12.2 Å². The summed E-state index contributed by atoms with van der Waals surface area (Å²) < 4.78 is 45.9. The van der Waals surface area contributed by atoms with Crippen LogP contribution >= 0.6 is 0 Å². The molecule has 0 amide bonds. The van der Waals surface area contributed by atoms with E-state index < -0.39 is 31.8 Å². The number of aliphatic hydroxyl groups excluding tert-OH is 2. The Labute approximate surface area is 187 Å². The zero-order valence-corrected chi connectivity index (χ0v) is 18.3. The van der Waals surface area contributed by atoms with E-state index >= 15 is 0 Å². The van der Waals surface area contributed by atoms with Gasteiger partial charge in [-0.3, -0.25) is 0 Å². The SMILES string of the molecule is [2H]C([2H])([2H])C(CCC[C@@H](C)[C@H]1CC[C@H]2/C(=C\C=C3/C[C@@H](O)C[C@H](O)C3=C)CCC[C@]12C)C([2H])([2H])[2H]. The maximum Gasteiger partial charge on any atom is 0.0811 e. The third-order valence-electron chi connectivity index (χ3n) is 8.14. The van der Waals surface area contributed by atoms with Gasteiger partial charge in [-0.1, -0.05) is 71.1 Å². The van der Waals surface area contributed by atoms with Crippen LogP contribution in [0, 0.1) is 29.1 Å². The van der Waals surface area contributed by atoms with Crippen molar-refractivity contribution in [2.75, 3.05) is 0 Å². The highest BCUT2D eigenvalue weighted by molar-refractivity contribution is 5.38. The van der Waals surface area contributed by atoms with Gasteiger partial charge >= 0.3 is 0 Å². The van der Waals surface area contributed by atoms with Crippen molar-refractivity contribution in [2.24, 2.45) is 29.1 Å². The molecular formula is C27H44O2. The van der Waals surface area contributed by atoms with Gasteiger partial charge in [0, 0.05) is 14.6 Å². The van der Waals surface area contributed by atoms with Crippen LogP contribution in [0.2, 0.25) is 0 Å². The predicted octanol–water partition coefficient (Wildman–Crippen LogP) is 6.59. The fourth-order valence-corrected chi connectivity index (χ4v) is 6.52. The molecule has 0 heterocycles. The Bertz CT molecular complexity index is 813. The first-order valence-corrected chi connectivity index (χ1v) is 11.6. The van der Waals surface area contributed by atoms with Crippen LogP contribution in [0.5, 0.6) is 0 Å². The summed E-state index contributed by atoms with van der Waals surface area (Å²) in [5, 5.41) is 20.2. The normalized spacial score (nSPS) is 43.3. The van der Waals surface area contributed by atoms with E-state index in [1.807, 2.05) is 0 Å². The van der Waals surface area contributed by atoms with Crippen LogP contribution < -0.4 is 0 Å². The topological polar surface area (TPSA) is 40.5 Å². The lowest BCUT2D eigenvalue weighted by Crippen LogP contribution is -2.36. The lowest BCUT2D eigenvalue weighted by Gasteiger charge is -2.44. The van der Waals surface area contributed by atoms with Gasteiger partial charge in [-0.2, -0.15) is 0 Å². The number of hydrogen-bond donors (Lipinski definition) is 2. The summed E-state index contributed by atoms with van der Waals surface area (Å²) >= 11 is 0. The first-order chi connectivity index (χ1) is 16.1. The van der Waals surface area contributed by atoms with Crippen LogP contribution in [-0.4, -0.2) is 22.4 Å². The highest BCUT2D eigenvalue weighted by Crippen LogP contribution is 2.59. The molecule has 2 nitrogen and oxygen atoms in total. The lowest BCUT2D eigenvalue weighted by atomic mass is 9.60. The third kappa shape index (κ3) is 5.07. The Morgan fingerprint density at radius 2 is 2.03 bits per heavy atom. The minimum Gasteiger partial charge on any atom is -0.393 e. The number of hydrogen-bond acceptors (Lipinski definition) is 2. The zero-order chi connectivity index (χ0) is 26.2. The maximum atomic E-state index is 10.2. The molecule has 0 radical (unpaired) electrons. The molecule has 2 N–H and O–H groups in total. The van der Waals surface area contributed by atoms with Crippen LogP contribution in [0.4, 0.5) is 0 Å². The largest absolute Gasteiger partial charge is 0.393 e. The van der Waals surface area contributed by atoms with Gasteiger partial charge in [-0.25, -0.2) is 0 Å². The highest BCUT2D eigenvalue weighted by atomic mass is 16.3. The average Bonchev–Trinajstić information content (AvgIpc) is 3.08. The van der Waals surface area contributed by atoms with Crippen LogP contribution in [-0.2, 0) is 0 Å². The predicted molar refractivity (Wildman–Crippen MR) is 123 cm³/mol. The van der Waals surface area contributed by atoms with Gasteiger partial charge in [0.2, 0.25) is 0 Å². The Hall–Kier alpha value is -0.860. The fraction of sp³-hybridized carbons (Fsp3) is 0.778. The van der Waals surface area contributed by atoms with Gasteiger partial charge in [-0.05, 0) is 78.8 Å². The highest BCUT2D eigenvalue weighted by Gasteiger charge is 2.50. The van der Waals surface area contributed by atoms with Crippen LogP contribution in [0.3, 0.4) is 0 Å². The van der Waals surface area contributed by atoms with E-state index in [0.29, 0.717) is 37.0 Å². The van der Waals surface area contributed by atoms with Gasteiger partial charge in [0.15, 0.2) is 0 Å². The fourth-order valence-electron chi connectivity index (χ4n) is 6.52. The van der Waals surface area contributed by atoms with Crippen molar-refractivity contribution in [3.05, 3.63) is 35.5 Å². The average molecular weight is 407 g/mol. The summed E-state index contributed by atoms with van der Waals surface area (Å²) in [4.78, 5) is 0. The summed E-state index contributed by atoms with van der Waals surface area (Å²) in [6, 6.07) is 0. The first-order valence-electron chi connectivity index (χ1n) is 14.6. The Morgan fingerprint density at radius 3 is 2.79 bits per heavy atom. The van der Waals surface area contributed by atoms with Gasteiger partial charge in [0.1, 0.15) is 0 Å². The molecule has 2 heteroatoms. The minimum absolute atomic E-state index is 0.193. The van der Waals surface area contributed by atoms with Crippen molar-refractivity contribution in [2.45, 2.75) is 104 Å². The van der Waals surface area contributed by atoms with E-state index in [1.54, 1.807) is 0 Å². The maximum absolute atomic E-state index is 10.2. The molecule has 0 aromatic carbocycles. The van der Waals surface area contributed by atoms with Gasteiger partial charge in [0.25, 0.3) is 0 Å². The lowest BCUT2D eigenvalue weighted by molar-refractivity contribution is 0.0861. The summed E-state index contributed by atoms with van der Waals surface area (Å²) in [6.45, 7) is 3.79. The van der Waals surface area contributed by atoms with Crippen molar-refractivity contribution in [3.63, 3.8) is 0 Å². The Balaban J connectivity index is 1.67. The van der Waals surface area contributed by atoms with E-state index in [4.69, 9.17) is 8.22 Å². The molecule has 0 unspecified atom stereocenters. The minimum atomic E-state index is -2.45. The molecule has 3 fully saturated rings. The molecule has 29 heavy (non-hydrogen) atoms. The van der Waals surface area contributed by atoms with E-state index in [0.717, 1.165) is 43.3 Å². The molecule has 6 atom stereocenters. The number of allylic oxidation sites excluding steroid dienone is 3. The molecule has 3 saturated carbocycles. The molecule has 3 rings (SSSR count). The molecule has 0 saturated heterocycles. The van der Waals surface area contributed by atoms with Crippen molar-refractivity contribution in [3.8, 4) is 0 Å². The van der Waals surface area contributed by atoms with Crippen molar-refractivity contribution in [1.82, 2.24) is 0 Å². The van der Waals surface area contributed by atoms with Crippen molar-refractivity contribution < 1.29 is 18.4 Å². The molecule has 0 aromatic rings. The molecule has 0 spiro atoms. The molecule has 3 aliphatic carbocycles. The smallest absolute Gasteiger partial charge is 0.0811 e. The molecule has 0 aliphatic heterocycles. The van der Waals surface area contributed by atoms with E-state index in [-0.39, 0.29) is 11.8 Å². The quantitative estimate of drug-likeness (QED) is 0.522. The number of fused-ring (bicyclic) bond motifs is 1. The van der Waals surface area contributed by atoms with E-state index in [9.17, 15) is 10.2 Å². The van der Waals surface area contributed by atoms with Crippen molar-refractivity contribution >= 4 is 0 Å². The monoisotopic (exact) mass is 406 g/mol. The standard InChI is InChI=1S/C27H44O2/c1-18(2)8-6-9-19(3)24-13-14-25-21(10-7-15-27(24,25)5)11-12-22-16-23(28)17-26(29)20(22)4/h11-12,18-19,23-26,28-29H,4,6-10,13-17H2,1-3,5H3/b21-11-,22-12+/t19-,23-,24-,25+,26+,27-/m1/s1/i1D3,2D3. The Kier molecular flexibility index (Phi) is 5.21. The molecule has 164 valence electrons. The number of aliphatic hydroxyl groups is 2. The number of rotatable bonds is 6. The van der Waals surface area contributed by atoms with E-state index in [2.05, 4.69) is 32.6 Å². The van der Waals surface area contributed by atoms with E-state index in [1.165, 1.54) is 12.0 Å². The summed E-state index contributed by atoms with van der Waals surface area (Å²) in [6.07, 6.45) is 11.3. The first kappa shape index (κ1) is 15.9. The summed E-state index contributed by atoms with van der Waals surface area (Å²) in [5.41, 5.74) is 3.30. The molecular weight excluding hydrogens is 356 g/mol. The summed E-state index contributed by atoms with van der Waals surface area (Å²) in [5.74, 6) is 0.207. The van der Waals surface area contributed by atoms with Crippen LogP contribution in [0.15, 0.2) is 35.5 Å². The third-order valence-corrected chi connectivity index (χ3v) is 8.14. The Morgan fingerprint density at radius 1 is 1.24 bits per heavy atom. The summed E-state index contributed by atoms with van der Waals surface area (Å²) in [7, 11) is 0. The second-order valence-electron chi connectivity index (χ2n) is 10.1. The molecule has 0 aromatic heterocycles. The molecule has 3 aliphatic rings. The second-order valence-corrected chi connectivity index (χ2v) is 10.1. The zero-order valence-electron chi connectivity index (χ0n) is 24.3. The van der Waals surface area contributed by atoms with Crippen LogP contribution in [0.1, 0.15) is 100.0 Å². The van der Waals surface area contributed by atoms with Crippen LogP contribution in [0.25, 0.3) is 0 Å². The molecule has 0 bridgehead atoms. The van der Waals surface area contributed by atoms with Gasteiger partial charge < -0.3 is 10.2 Å². The second kappa shape index (κ2) is 9.52.